The normalized spacial score (nSPS) is 22.0. The van der Waals surface area contributed by atoms with Crippen LogP contribution in [-0.2, 0) is 9.53 Å². The number of morpholine rings is 1. The molecule has 1 amide bonds. The number of carbonyl (C=O) groups is 1. The van der Waals surface area contributed by atoms with Gasteiger partial charge in [-0.05, 0) is 43.4 Å². The lowest BCUT2D eigenvalue weighted by Gasteiger charge is -2.36. The smallest absolute Gasteiger partial charge is 0.217 e. The number of carbonyl (C=O) groups excluding carboxylic acids is 1. The van der Waals surface area contributed by atoms with Crippen molar-refractivity contribution in [1.29, 1.82) is 0 Å². The van der Waals surface area contributed by atoms with Gasteiger partial charge >= 0.3 is 0 Å². The van der Waals surface area contributed by atoms with Crippen molar-refractivity contribution in [3.8, 4) is 0 Å². The molecule has 2 unspecified atom stereocenters. The molecule has 0 radical (unpaired) electrons. The number of benzene rings is 1. The summed E-state index contributed by atoms with van der Waals surface area (Å²) in [6.07, 6.45) is 2.52. The first-order valence-electron chi connectivity index (χ1n) is 11.0. The van der Waals surface area contributed by atoms with Crippen molar-refractivity contribution >= 4 is 23.5 Å². The molecule has 0 spiro atoms. The zero-order valence-corrected chi connectivity index (χ0v) is 18.6. The Labute approximate surface area is 184 Å². The number of hydrogen-bond acceptors (Lipinski definition) is 4. The highest BCUT2D eigenvalue weighted by atomic mass is 35.5. The summed E-state index contributed by atoms with van der Waals surface area (Å²) in [7, 11) is 0. The largest absolute Gasteiger partial charge is 0.379 e. The van der Waals surface area contributed by atoms with Gasteiger partial charge in [0.2, 0.25) is 5.91 Å². The lowest BCUT2D eigenvalue weighted by molar-refractivity contribution is -0.119. The minimum Gasteiger partial charge on any atom is -0.379 e. The van der Waals surface area contributed by atoms with Crippen molar-refractivity contribution in [3.05, 3.63) is 34.9 Å². The molecule has 2 atom stereocenters. The number of nitrogens with zero attached hydrogens (tertiary/aromatic N) is 3. The summed E-state index contributed by atoms with van der Waals surface area (Å²) in [6.45, 7) is 8.52. The Bertz CT molecular complexity index is 723. The molecule has 30 heavy (non-hydrogen) atoms. The average molecular weight is 436 g/mol. The number of amides is 1. The summed E-state index contributed by atoms with van der Waals surface area (Å²) in [5, 5.41) is 4.18. The van der Waals surface area contributed by atoms with Crippen LogP contribution < -0.4 is 11.1 Å². The van der Waals surface area contributed by atoms with E-state index < -0.39 is 0 Å². The number of nitrogens with two attached hydrogens (primary N) is 1. The number of nitrogens with one attached hydrogen (secondary N) is 1. The number of ether oxygens (including phenoxy) is 1. The van der Waals surface area contributed by atoms with Gasteiger partial charge in [0.25, 0.3) is 0 Å². The van der Waals surface area contributed by atoms with Gasteiger partial charge in [0.1, 0.15) is 0 Å². The van der Waals surface area contributed by atoms with E-state index in [-0.39, 0.29) is 11.9 Å². The van der Waals surface area contributed by atoms with E-state index in [1.165, 1.54) is 5.56 Å². The summed E-state index contributed by atoms with van der Waals surface area (Å²) in [5.74, 6) is 0.979. The SMILES string of the molecule is CCNC(=NCC(c1cccc(Cl)c1)N1CCOCC1)N1CCCC(CC(N)=O)C1. The first-order valence-corrected chi connectivity index (χ1v) is 11.3. The zero-order valence-electron chi connectivity index (χ0n) is 17.9. The molecular formula is C22H34ClN5O2. The van der Waals surface area contributed by atoms with Gasteiger partial charge in [-0.15, -0.1) is 0 Å². The minimum atomic E-state index is -0.225. The van der Waals surface area contributed by atoms with Gasteiger partial charge < -0.3 is 20.7 Å². The molecule has 0 bridgehead atoms. The average Bonchev–Trinajstić information content (AvgIpc) is 2.74. The first kappa shape index (κ1) is 22.8. The molecule has 2 fully saturated rings. The third kappa shape index (κ3) is 6.59. The van der Waals surface area contributed by atoms with E-state index in [2.05, 4.69) is 28.1 Å². The molecule has 2 aliphatic heterocycles. The van der Waals surface area contributed by atoms with E-state index in [9.17, 15) is 4.79 Å². The first-order chi connectivity index (χ1) is 14.6. The molecule has 166 valence electrons. The fourth-order valence-corrected chi connectivity index (χ4v) is 4.54. The van der Waals surface area contributed by atoms with Crippen molar-refractivity contribution in [2.75, 3.05) is 52.5 Å². The molecule has 0 aliphatic carbocycles. The van der Waals surface area contributed by atoms with E-state index in [1.54, 1.807) is 0 Å². The third-order valence-corrected chi connectivity index (χ3v) is 6.01. The highest BCUT2D eigenvalue weighted by Gasteiger charge is 2.26. The van der Waals surface area contributed by atoms with Crippen molar-refractivity contribution < 1.29 is 9.53 Å². The Kier molecular flexibility index (Phi) is 8.78. The summed E-state index contributed by atoms with van der Waals surface area (Å²) in [5.41, 5.74) is 6.61. The Balaban J connectivity index is 1.77. The van der Waals surface area contributed by atoms with Crippen LogP contribution in [0.4, 0.5) is 0 Å². The van der Waals surface area contributed by atoms with Gasteiger partial charge in [0.15, 0.2) is 5.96 Å². The standard InChI is InChI=1S/C22H34ClN5O2/c1-2-25-22(28-8-4-5-17(16-28)13-21(24)29)26-15-20(27-9-11-30-12-10-27)18-6-3-7-19(23)14-18/h3,6-7,14,17,20H,2,4-5,8-13,15-16H2,1H3,(H2,24,29)(H,25,26). The van der Waals surface area contributed by atoms with E-state index in [1.807, 2.05) is 18.2 Å². The Hall–Kier alpha value is -1.83. The highest BCUT2D eigenvalue weighted by molar-refractivity contribution is 6.30. The molecule has 1 aromatic rings. The number of rotatable bonds is 7. The Morgan fingerprint density at radius 2 is 2.17 bits per heavy atom. The van der Waals surface area contributed by atoms with Crippen LogP contribution in [-0.4, -0.2) is 74.1 Å². The van der Waals surface area contributed by atoms with Gasteiger partial charge in [-0.2, -0.15) is 0 Å². The predicted molar refractivity (Wildman–Crippen MR) is 121 cm³/mol. The van der Waals surface area contributed by atoms with Gasteiger partial charge in [0.05, 0.1) is 25.8 Å². The van der Waals surface area contributed by atoms with Crippen LogP contribution in [0.3, 0.4) is 0 Å². The summed E-state index contributed by atoms with van der Waals surface area (Å²) in [6, 6.07) is 8.21. The summed E-state index contributed by atoms with van der Waals surface area (Å²) in [4.78, 5) is 21.1. The van der Waals surface area contributed by atoms with Gasteiger partial charge in [0, 0.05) is 44.2 Å². The number of piperidine rings is 1. The quantitative estimate of drug-likeness (QED) is 0.507. The monoisotopic (exact) mass is 435 g/mol. The molecule has 2 saturated heterocycles. The number of hydrogen-bond donors (Lipinski definition) is 2. The molecule has 7 nitrogen and oxygen atoms in total. The predicted octanol–water partition coefficient (Wildman–Crippen LogP) is 2.27. The van der Waals surface area contributed by atoms with E-state index in [4.69, 9.17) is 27.1 Å². The van der Waals surface area contributed by atoms with E-state index in [0.29, 0.717) is 18.9 Å². The van der Waals surface area contributed by atoms with Gasteiger partial charge in [-0.25, -0.2) is 0 Å². The maximum absolute atomic E-state index is 11.4. The minimum absolute atomic E-state index is 0.146. The number of guanidine groups is 1. The second kappa shape index (κ2) is 11.5. The molecule has 3 rings (SSSR count). The summed E-state index contributed by atoms with van der Waals surface area (Å²) >= 11 is 6.28. The number of primary amides is 1. The lowest BCUT2D eigenvalue weighted by atomic mass is 9.95. The second-order valence-electron chi connectivity index (χ2n) is 8.04. The Morgan fingerprint density at radius 1 is 1.37 bits per heavy atom. The molecule has 0 aromatic heterocycles. The number of aliphatic imine (C=N–C) groups is 1. The highest BCUT2D eigenvalue weighted by Crippen LogP contribution is 2.25. The van der Waals surface area contributed by atoms with Crippen LogP contribution in [0.15, 0.2) is 29.3 Å². The van der Waals surface area contributed by atoms with E-state index in [0.717, 1.165) is 69.8 Å². The lowest BCUT2D eigenvalue weighted by Crippen LogP contribution is -2.47. The van der Waals surface area contributed by atoms with E-state index >= 15 is 0 Å². The van der Waals surface area contributed by atoms with Crippen molar-refractivity contribution in [2.24, 2.45) is 16.6 Å². The molecule has 2 heterocycles. The molecule has 3 N–H and O–H groups in total. The zero-order chi connectivity index (χ0) is 21.3. The van der Waals surface area contributed by atoms with Crippen molar-refractivity contribution in [2.45, 2.75) is 32.2 Å². The van der Waals surface area contributed by atoms with Crippen LogP contribution in [0.25, 0.3) is 0 Å². The number of halogens is 1. The maximum Gasteiger partial charge on any atom is 0.217 e. The van der Waals surface area contributed by atoms with Crippen LogP contribution in [0.1, 0.15) is 37.8 Å². The van der Waals surface area contributed by atoms with Crippen LogP contribution in [0, 0.1) is 5.92 Å². The Morgan fingerprint density at radius 3 is 2.87 bits per heavy atom. The topological polar surface area (TPSA) is 83.2 Å². The fourth-order valence-electron chi connectivity index (χ4n) is 4.34. The van der Waals surface area contributed by atoms with Crippen molar-refractivity contribution in [3.63, 3.8) is 0 Å². The van der Waals surface area contributed by atoms with Gasteiger partial charge in [-0.3, -0.25) is 14.7 Å². The third-order valence-electron chi connectivity index (χ3n) is 5.78. The summed E-state index contributed by atoms with van der Waals surface area (Å²) < 4.78 is 5.55. The maximum atomic E-state index is 11.4. The molecular weight excluding hydrogens is 402 g/mol. The molecule has 1 aromatic carbocycles. The number of likely N-dealkylation sites (tertiary alicyclic amines) is 1. The second-order valence-corrected chi connectivity index (χ2v) is 8.47. The van der Waals surface area contributed by atoms with Crippen LogP contribution >= 0.6 is 11.6 Å². The molecule has 8 heteroatoms. The molecule has 2 aliphatic rings. The van der Waals surface area contributed by atoms with Crippen LogP contribution in [0.2, 0.25) is 5.02 Å². The fraction of sp³-hybridized carbons (Fsp3) is 0.636. The molecule has 0 saturated carbocycles. The van der Waals surface area contributed by atoms with Crippen LogP contribution in [0.5, 0.6) is 0 Å². The van der Waals surface area contributed by atoms with Gasteiger partial charge in [-0.1, -0.05) is 23.7 Å². The van der Waals surface area contributed by atoms with Crippen molar-refractivity contribution in [1.82, 2.24) is 15.1 Å².